The van der Waals surface area contributed by atoms with Crippen molar-refractivity contribution in [1.29, 1.82) is 0 Å². The Labute approximate surface area is 114 Å². The Kier molecular flexibility index (Phi) is 6.44. The van der Waals surface area contributed by atoms with E-state index < -0.39 is 16.1 Å². The molecular weight excluding hydrogens is 266 g/mol. The topological polar surface area (TPSA) is 75.6 Å². The number of ether oxygens (including phenoxy) is 1. The molecule has 0 radical (unpaired) electrons. The van der Waals surface area contributed by atoms with E-state index in [9.17, 15) is 13.5 Å². The van der Waals surface area contributed by atoms with Crippen LogP contribution in [0.5, 0.6) is 0 Å². The van der Waals surface area contributed by atoms with E-state index in [2.05, 4.69) is 4.72 Å². The molecule has 0 amide bonds. The Balaban J connectivity index is 2.60. The molecule has 0 bridgehead atoms. The van der Waals surface area contributed by atoms with Gasteiger partial charge >= 0.3 is 0 Å². The van der Waals surface area contributed by atoms with Crippen LogP contribution in [-0.4, -0.2) is 38.6 Å². The molecule has 0 heterocycles. The van der Waals surface area contributed by atoms with E-state index in [-0.39, 0.29) is 25.1 Å². The van der Waals surface area contributed by atoms with E-state index in [1.807, 2.05) is 19.9 Å². The predicted octanol–water partition coefficient (Wildman–Crippen LogP) is 1.06. The Bertz CT molecular complexity index is 459. The van der Waals surface area contributed by atoms with Crippen molar-refractivity contribution in [2.24, 2.45) is 0 Å². The second kappa shape index (κ2) is 7.59. The molecule has 0 saturated carbocycles. The summed E-state index contributed by atoms with van der Waals surface area (Å²) in [5.41, 5.74) is 0.735. The van der Waals surface area contributed by atoms with E-state index in [0.29, 0.717) is 0 Å². The van der Waals surface area contributed by atoms with Crippen LogP contribution >= 0.6 is 0 Å². The first-order chi connectivity index (χ1) is 8.94. The lowest BCUT2D eigenvalue weighted by Gasteiger charge is -2.17. The number of aliphatic hydroxyl groups is 1. The molecule has 19 heavy (non-hydrogen) atoms. The quantitative estimate of drug-likeness (QED) is 0.750. The highest BCUT2D eigenvalue weighted by Gasteiger charge is 2.18. The van der Waals surface area contributed by atoms with Crippen molar-refractivity contribution in [2.45, 2.75) is 26.0 Å². The first-order valence-corrected chi connectivity index (χ1v) is 7.87. The van der Waals surface area contributed by atoms with Crippen molar-refractivity contribution in [3.63, 3.8) is 0 Å². The van der Waals surface area contributed by atoms with Crippen LogP contribution in [0, 0.1) is 0 Å². The van der Waals surface area contributed by atoms with Crippen LogP contribution in [0.3, 0.4) is 0 Å². The number of sulfonamides is 1. The van der Waals surface area contributed by atoms with Gasteiger partial charge in [-0.1, -0.05) is 30.3 Å². The standard InChI is InChI=1S/C13H21NO4S/c1-11(2)18-8-9-19(16,17)14-13(10-15)12-6-4-3-5-7-12/h3-7,11,13-15H,8-10H2,1-2H3/t13-/m0/s1. The van der Waals surface area contributed by atoms with Gasteiger partial charge < -0.3 is 9.84 Å². The molecule has 1 aromatic carbocycles. The van der Waals surface area contributed by atoms with Crippen LogP contribution in [-0.2, 0) is 14.8 Å². The van der Waals surface area contributed by atoms with E-state index in [0.717, 1.165) is 5.56 Å². The lowest BCUT2D eigenvalue weighted by Crippen LogP contribution is -2.34. The minimum absolute atomic E-state index is 0.00189. The maximum Gasteiger partial charge on any atom is 0.214 e. The molecule has 108 valence electrons. The van der Waals surface area contributed by atoms with Gasteiger partial charge in [-0.3, -0.25) is 0 Å². The molecule has 5 nitrogen and oxygen atoms in total. The number of nitrogens with one attached hydrogen (secondary N) is 1. The first-order valence-electron chi connectivity index (χ1n) is 6.22. The fraction of sp³-hybridized carbons (Fsp3) is 0.538. The van der Waals surface area contributed by atoms with E-state index >= 15 is 0 Å². The number of rotatable bonds is 8. The summed E-state index contributed by atoms with van der Waals surface area (Å²) in [4.78, 5) is 0. The molecule has 0 aromatic heterocycles. The van der Waals surface area contributed by atoms with Crippen LogP contribution in [0.25, 0.3) is 0 Å². The Morgan fingerprint density at radius 1 is 1.26 bits per heavy atom. The van der Waals surface area contributed by atoms with E-state index in [1.54, 1.807) is 24.3 Å². The van der Waals surface area contributed by atoms with Crippen LogP contribution in [0.2, 0.25) is 0 Å². The Hall–Kier alpha value is -0.950. The largest absolute Gasteiger partial charge is 0.394 e. The third kappa shape index (κ3) is 6.15. The zero-order valence-electron chi connectivity index (χ0n) is 11.2. The monoisotopic (exact) mass is 287 g/mol. The van der Waals surface area contributed by atoms with E-state index in [1.165, 1.54) is 0 Å². The summed E-state index contributed by atoms with van der Waals surface area (Å²) in [6.45, 7) is 3.55. The average molecular weight is 287 g/mol. The summed E-state index contributed by atoms with van der Waals surface area (Å²) >= 11 is 0. The second-order valence-electron chi connectivity index (χ2n) is 4.50. The third-order valence-corrected chi connectivity index (χ3v) is 3.86. The van der Waals surface area contributed by atoms with E-state index in [4.69, 9.17) is 4.74 Å². The average Bonchev–Trinajstić information content (AvgIpc) is 2.36. The molecule has 6 heteroatoms. The van der Waals surface area contributed by atoms with Crippen molar-refractivity contribution in [3.05, 3.63) is 35.9 Å². The zero-order chi connectivity index (χ0) is 14.3. The van der Waals surface area contributed by atoms with Gasteiger partial charge in [-0.15, -0.1) is 0 Å². The van der Waals surface area contributed by atoms with Gasteiger partial charge in [0.05, 0.1) is 31.1 Å². The smallest absolute Gasteiger partial charge is 0.214 e. The highest BCUT2D eigenvalue weighted by molar-refractivity contribution is 7.89. The fourth-order valence-corrected chi connectivity index (χ4v) is 2.64. The van der Waals surface area contributed by atoms with Crippen molar-refractivity contribution >= 4 is 10.0 Å². The number of benzene rings is 1. The van der Waals surface area contributed by atoms with Gasteiger partial charge in [0.1, 0.15) is 0 Å². The van der Waals surface area contributed by atoms with Crippen molar-refractivity contribution in [3.8, 4) is 0 Å². The third-order valence-electron chi connectivity index (χ3n) is 2.51. The second-order valence-corrected chi connectivity index (χ2v) is 6.38. The van der Waals surface area contributed by atoms with Gasteiger partial charge in [-0.25, -0.2) is 13.1 Å². The molecule has 0 spiro atoms. The number of hydrogen-bond donors (Lipinski definition) is 2. The number of aliphatic hydroxyl groups excluding tert-OH is 1. The minimum Gasteiger partial charge on any atom is -0.394 e. The molecule has 0 aliphatic heterocycles. The Morgan fingerprint density at radius 2 is 1.89 bits per heavy atom. The highest BCUT2D eigenvalue weighted by atomic mass is 32.2. The summed E-state index contributed by atoms with van der Waals surface area (Å²) < 4.78 is 31.4. The SMILES string of the molecule is CC(C)OCCS(=O)(=O)N[C@@H](CO)c1ccccc1. The summed E-state index contributed by atoms with van der Waals surface area (Å²) in [6.07, 6.45) is -0.00189. The van der Waals surface area contributed by atoms with Gasteiger partial charge in [-0.05, 0) is 19.4 Å². The molecule has 0 fully saturated rings. The van der Waals surface area contributed by atoms with Gasteiger partial charge in [0, 0.05) is 0 Å². The lowest BCUT2D eigenvalue weighted by atomic mass is 10.1. The molecule has 0 aliphatic carbocycles. The van der Waals surface area contributed by atoms with Gasteiger partial charge in [0.2, 0.25) is 10.0 Å². The molecule has 1 rings (SSSR count). The fourth-order valence-electron chi connectivity index (χ4n) is 1.57. The van der Waals surface area contributed by atoms with Gasteiger partial charge in [0.15, 0.2) is 0 Å². The predicted molar refractivity (Wildman–Crippen MR) is 74.3 cm³/mol. The first kappa shape index (κ1) is 16.1. The van der Waals surface area contributed by atoms with Gasteiger partial charge in [0.25, 0.3) is 0 Å². The van der Waals surface area contributed by atoms with Crippen LogP contribution in [0.4, 0.5) is 0 Å². The van der Waals surface area contributed by atoms with Crippen molar-refractivity contribution in [1.82, 2.24) is 4.72 Å². The van der Waals surface area contributed by atoms with Crippen LogP contribution in [0.15, 0.2) is 30.3 Å². The molecule has 0 unspecified atom stereocenters. The van der Waals surface area contributed by atoms with Crippen LogP contribution in [0.1, 0.15) is 25.5 Å². The Morgan fingerprint density at radius 3 is 2.42 bits per heavy atom. The normalized spacial score (nSPS) is 13.7. The maximum atomic E-state index is 11.9. The molecule has 0 aliphatic rings. The van der Waals surface area contributed by atoms with Crippen molar-refractivity contribution < 1.29 is 18.3 Å². The molecule has 1 aromatic rings. The lowest BCUT2D eigenvalue weighted by molar-refractivity contribution is 0.0910. The van der Waals surface area contributed by atoms with Gasteiger partial charge in [-0.2, -0.15) is 0 Å². The van der Waals surface area contributed by atoms with Crippen molar-refractivity contribution in [2.75, 3.05) is 19.0 Å². The summed E-state index contributed by atoms with van der Waals surface area (Å²) in [5.74, 6) is -0.117. The minimum atomic E-state index is -3.47. The maximum absolute atomic E-state index is 11.9. The molecule has 0 saturated heterocycles. The van der Waals surface area contributed by atoms with Crippen LogP contribution < -0.4 is 4.72 Å². The molecule has 2 N–H and O–H groups in total. The molecular formula is C13H21NO4S. The summed E-state index contributed by atoms with van der Waals surface area (Å²) in [5, 5.41) is 9.30. The summed E-state index contributed by atoms with van der Waals surface area (Å²) in [7, 11) is -3.47. The number of hydrogen-bond acceptors (Lipinski definition) is 4. The highest BCUT2D eigenvalue weighted by Crippen LogP contribution is 2.12. The zero-order valence-corrected chi connectivity index (χ0v) is 12.1. The molecule has 1 atom stereocenters. The summed E-state index contributed by atoms with van der Waals surface area (Å²) in [6, 6.07) is 8.36.